The van der Waals surface area contributed by atoms with Crippen LogP contribution in [0.25, 0.3) is 27.1 Å². The fraction of sp³-hybridized carbons (Fsp3) is 0.188. The lowest BCUT2D eigenvalue weighted by molar-refractivity contribution is 0.415. The monoisotopic (exact) mass is 297 g/mol. The van der Waals surface area contributed by atoms with Gasteiger partial charge in [0.15, 0.2) is 4.96 Å². The van der Waals surface area contributed by atoms with Crippen molar-refractivity contribution in [2.75, 3.05) is 7.11 Å². The summed E-state index contributed by atoms with van der Waals surface area (Å²) in [6.45, 7) is 2.13. The van der Waals surface area contributed by atoms with Crippen molar-refractivity contribution in [1.82, 2.24) is 14.0 Å². The lowest BCUT2D eigenvalue weighted by atomic mass is 10.1. The molecule has 4 nitrogen and oxygen atoms in total. The maximum atomic E-state index is 5.37. The number of nitrogens with zero attached hydrogens (tertiary/aromatic N) is 3. The fourth-order valence-electron chi connectivity index (χ4n) is 2.85. The van der Waals surface area contributed by atoms with Gasteiger partial charge in [-0.3, -0.25) is 4.40 Å². The number of aryl methyl sites for hydroxylation is 1. The maximum Gasteiger partial charge on any atom is 0.194 e. The van der Waals surface area contributed by atoms with Gasteiger partial charge >= 0.3 is 0 Å². The minimum absolute atomic E-state index is 0.871. The van der Waals surface area contributed by atoms with Crippen LogP contribution >= 0.6 is 11.3 Å². The third-order valence-corrected chi connectivity index (χ3v) is 4.82. The average molecular weight is 297 g/mol. The average Bonchev–Trinajstić information content (AvgIpc) is 3.13. The molecule has 0 atom stereocenters. The molecule has 1 aromatic carbocycles. The molecule has 4 aromatic rings. The zero-order valence-corrected chi connectivity index (χ0v) is 12.9. The van der Waals surface area contributed by atoms with Crippen LogP contribution in [0.2, 0.25) is 0 Å². The van der Waals surface area contributed by atoms with Gasteiger partial charge in [0.1, 0.15) is 5.75 Å². The van der Waals surface area contributed by atoms with E-state index in [9.17, 15) is 0 Å². The molecule has 0 saturated heterocycles. The molecule has 0 unspecified atom stereocenters. The van der Waals surface area contributed by atoms with Gasteiger partial charge in [-0.15, -0.1) is 11.3 Å². The van der Waals surface area contributed by atoms with Crippen LogP contribution in [-0.2, 0) is 7.05 Å². The number of imidazole rings is 1. The van der Waals surface area contributed by atoms with E-state index in [1.807, 2.05) is 17.6 Å². The van der Waals surface area contributed by atoms with Crippen LogP contribution < -0.4 is 4.74 Å². The molecule has 0 aliphatic rings. The molecule has 3 heterocycles. The summed E-state index contributed by atoms with van der Waals surface area (Å²) < 4.78 is 9.65. The summed E-state index contributed by atoms with van der Waals surface area (Å²) in [6.07, 6.45) is 4.13. The maximum absolute atomic E-state index is 5.37. The molecule has 0 aliphatic carbocycles. The van der Waals surface area contributed by atoms with E-state index < -0.39 is 0 Å². The minimum Gasteiger partial charge on any atom is -0.497 e. The predicted molar refractivity (Wildman–Crippen MR) is 86.3 cm³/mol. The van der Waals surface area contributed by atoms with E-state index in [1.54, 1.807) is 18.4 Å². The van der Waals surface area contributed by atoms with Gasteiger partial charge in [-0.2, -0.15) is 0 Å². The van der Waals surface area contributed by atoms with Gasteiger partial charge in [-0.25, -0.2) is 4.98 Å². The highest BCUT2D eigenvalue weighted by molar-refractivity contribution is 7.15. The van der Waals surface area contributed by atoms with Gasteiger partial charge in [0.25, 0.3) is 0 Å². The second kappa shape index (κ2) is 4.36. The topological polar surface area (TPSA) is 31.5 Å². The molecule has 0 aliphatic heterocycles. The molecule has 0 fully saturated rings. The summed E-state index contributed by atoms with van der Waals surface area (Å²) in [7, 11) is 3.79. The number of ether oxygens (including phenoxy) is 1. The van der Waals surface area contributed by atoms with E-state index in [4.69, 9.17) is 9.72 Å². The Bertz CT molecular complexity index is 932. The third-order valence-electron chi connectivity index (χ3n) is 4.05. The van der Waals surface area contributed by atoms with Crippen molar-refractivity contribution in [3.63, 3.8) is 0 Å². The standard InChI is InChI=1S/C16H15N3OS/c1-10-15(13-9-19-6-7-21-16(19)17-13)12-8-11(20-3)4-5-14(12)18(10)2/h4-9H,1-3H3. The summed E-state index contributed by atoms with van der Waals surface area (Å²) in [5, 5.41) is 3.23. The highest BCUT2D eigenvalue weighted by Gasteiger charge is 2.17. The molecule has 0 saturated carbocycles. The number of rotatable bonds is 2. The Kier molecular flexibility index (Phi) is 2.59. The van der Waals surface area contributed by atoms with Crippen molar-refractivity contribution in [2.45, 2.75) is 6.92 Å². The van der Waals surface area contributed by atoms with Crippen LogP contribution in [0.1, 0.15) is 5.69 Å². The Morgan fingerprint density at radius 3 is 2.90 bits per heavy atom. The molecule has 0 bridgehead atoms. The van der Waals surface area contributed by atoms with Gasteiger partial charge in [0.05, 0.1) is 12.8 Å². The lowest BCUT2D eigenvalue weighted by Gasteiger charge is -2.01. The number of benzene rings is 1. The number of thiazole rings is 1. The zero-order valence-electron chi connectivity index (χ0n) is 12.1. The van der Waals surface area contributed by atoms with E-state index in [-0.39, 0.29) is 0 Å². The molecule has 5 heteroatoms. The molecule has 0 spiro atoms. The number of hydrogen-bond acceptors (Lipinski definition) is 3. The molecular formula is C16H15N3OS. The first-order chi connectivity index (χ1) is 10.2. The second-order valence-electron chi connectivity index (χ2n) is 5.12. The minimum atomic E-state index is 0.871. The van der Waals surface area contributed by atoms with Crippen molar-refractivity contribution < 1.29 is 4.74 Å². The second-order valence-corrected chi connectivity index (χ2v) is 5.99. The van der Waals surface area contributed by atoms with Crippen molar-refractivity contribution in [3.05, 3.63) is 41.7 Å². The number of methoxy groups -OCH3 is 1. The highest BCUT2D eigenvalue weighted by Crippen LogP contribution is 2.35. The SMILES string of the molecule is COc1ccc2c(c1)c(-c1cn3ccsc3n1)c(C)n2C. The van der Waals surface area contributed by atoms with Crippen LogP contribution in [0.4, 0.5) is 0 Å². The van der Waals surface area contributed by atoms with Crippen LogP contribution in [0.15, 0.2) is 36.0 Å². The fourth-order valence-corrected chi connectivity index (χ4v) is 3.55. The van der Waals surface area contributed by atoms with Crippen LogP contribution in [0, 0.1) is 6.92 Å². The smallest absolute Gasteiger partial charge is 0.194 e. The number of hydrogen-bond donors (Lipinski definition) is 0. The Morgan fingerprint density at radius 1 is 1.29 bits per heavy atom. The molecule has 106 valence electrons. The Labute approximate surface area is 126 Å². The summed E-state index contributed by atoms with van der Waals surface area (Å²) in [5.74, 6) is 0.871. The normalized spacial score (nSPS) is 11.6. The number of fused-ring (bicyclic) bond motifs is 2. The van der Waals surface area contributed by atoms with Gasteiger partial charge in [-0.1, -0.05) is 0 Å². The Hall–Kier alpha value is -2.27. The first-order valence-electron chi connectivity index (χ1n) is 6.74. The quantitative estimate of drug-likeness (QED) is 0.562. The van der Waals surface area contributed by atoms with Crippen LogP contribution in [-0.4, -0.2) is 21.1 Å². The molecule has 0 radical (unpaired) electrons. The van der Waals surface area contributed by atoms with Crippen molar-refractivity contribution in [2.24, 2.45) is 7.05 Å². The summed E-state index contributed by atoms with van der Waals surface area (Å²) in [6, 6.07) is 6.19. The number of aromatic nitrogens is 3. The van der Waals surface area contributed by atoms with E-state index in [0.29, 0.717) is 0 Å². The first-order valence-corrected chi connectivity index (χ1v) is 7.62. The molecule has 3 aromatic heterocycles. The van der Waals surface area contributed by atoms with Crippen molar-refractivity contribution >= 4 is 27.2 Å². The molecule has 4 rings (SSSR count). The van der Waals surface area contributed by atoms with Crippen molar-refractivity contribution in [3.8, 4) is 17.0 Å². The Balaban J connectivity index is 2.06. The van der Waals surface area contributed by atoms with Gasteiger partial charge in [-0.05, 0) is 25.1 Å². The van der Waals surface area contributed by atoms with Gasteiger partial charge < -0.3 is 9.30 Å². The zero-order chi connectivity index (χ0) is 14.6. The van der Waals surface area contributed by atoms with Crippen LogP contribution in [0.3, 0.4) is 0 Å². The molecule has 21 heavy (non-hydrogen) atoms. The van der Waals surface area contributed by atoms with E-state index in [2.05, 4.69) is 41.3 Å². The van der Waals surface area contributed by atoms with E-state index in [0.717, 1.165) is 16.4 Å². The van der Waals surface area contributed by atoms with Gasteiger partial charge in [0.2, 0.25) is 0 Å². The highest BCUT2D eigenvalue weighted by atomic mass is 32.1. The molecule has 0 N–H and O–H groups in total. The molecular weight excluding hydrogens is 282 g/mol. The van der Waals surface area contributed by atoms with Crippen molar-refractivity contribution in [1.29, 1.82) is 0 Å². The molecule has 0 amide bonds. The van der Waals surface area contributed by atoms with E-state index in [1.165, 1.54) is 22.2 Å². The largest absolute Gasteiger partial charge is 0.497 e. The summed E-state index contributed by atoms with van der Waals surface area (Å²) in [4.78, 5) is 5.77. The third kappa shape index (κ3) is 1.70. The summed E-state index contributed by atoms with van der Waals surface area (Å²) >= 11 is 1.65. The predicted octanol–water partition coefficient (Wildman–Crippen LogP) is 3.87. The lowest BCUT2D eigenvalue weighted by Crippen LogP contribution is -1.90. The summed E-state index contributed by atoms with van der Waals surface area (Å²) in [5.41, 5.74) is 4.60. The van der Waals surface area contributed by atoms with E-state index >= 15 is 0 Å². The van der Waals surface area contributed by atoms with Gasteiger partial charge in [0, 0.05) is 47.0 Å². The first kappa shape index (κ1) is 12.5. The van der Waals surface area contributed by atoms with Crippen LogP contribution in [0.5, 0.6) is 5.75 Å². The Morgan fingerprint density at radius 2 is 2.14 bits per heavy atom.